The van der Waals surface area contributed by atoms with Gasteiger partial charge in [0, 0.05) is 62.0 Å². The average Bonchev–Trinajstić information content (AvgIpc) is 3.33. The van der Waals surface area contributed by atoms with Crippen LogP contribution in [0.15, 0.2) is 61.1 Å². The largest absolute Gasteiger partial charge is 0.396 e. The number of aromatic nitrogens is 2. The third-order valence-electron chi connectivity index (χ3n) is 6.48. The van der Waals surface area contributed by atoms with Crippen molar-refractivity contribution >= 4 is 17.5 Å². The number of hydrogen-bond donors (Lipinski definition) is 3. The van der Waals surface area contributed by atoms with Crippen LogP contribution in [-0.4, -0.2) is 56.7 Å². The Hall–Kier alpha value is -2.84. The van der Waals surface area contributed by atoms with E-state index >= 15 is 0 Å². The number of pyridine rings is 2. The molecule has 3 aromatic rings. The van der Waals surface area contributed by atoms with Gasteiger partial charge in [0.2, 0.25) is 0 Å². The molecule has 1 saturated heterocycles. The van der Waals surface area contributed by atoms with Gasteiger partial charge >= 0.3 is 0 Å². The third-order valence-corrected chi connectivity index (χ3v) is 6.70. The van der Waals surface area contributed by atoms with E-state index in [4.69, 9.17) is 11.6 Å². The minimum absolute atomic E-state index is 0.0463. The number of carbonyl (C=O) groups excluding carboxylic acids is 1. The Morgan fingerprint density at radius 3 is 2.74 bits per heavy atom. The lowest BCUT2D eigenvalue weighted by Gasteiger charge is -2.22. The molecule has 0 radical (unpaired) electrons. The lowest BCUT2D eigenvalue weighted by molar-refractivity contribution is 0.0783. The van der Waals surface area contributed by atoms with Crippen LogP contribution < -0.4 is 5.32 Å². The smallest absolute Gasteiger partial charge is 0.254 e. The van der Waals surface area contributed by atoms with E-state index in [9.17, 15) is 15.0 Å². The fourth-order valence-corrected chi connectivity index (χ4v) is 4.78. The molecule has 3 N–H and O–H groups in total. The summed E-state index contributed by atoms with van der Waals surface area (Å²) in [5.41, 5.74) is 4.28. The van der Waals surface area contributed by atoms with E-state index in [-0.39, 0.29) is 24.6 Å². The molecule has 7 nitrogen and oxygen atoms in total. The molecule has 0 unspecified atom stereocenters. The van der Waals surface area contributed by atoms with Gasteiger partial charge in [-0.25, -0.2) is 4.98 Å². The van der Waals surface area contributed by atoms with Crippen LogP contribution in [0.25, 0.3) is 0 Å². The first-order valence-corrected chi connectivity index (χ1v) is 12.2. The number of nitrogens with zero attached hydrogens (tertiary/aromatic N) is 3. The van der Waals surface area contributed by atoms with E-state index in [0.29, 0.717) is 30.1 Å². The highest BCUT2D eigenvalue weighted by molar-refractivity contribution is 6.29. The second-order valence-electron chi connectivity index (χ2n) is 9.10. The van der Waals surface area contributed by atoms with Crippen molar-refractivity contribution in [2.45, 2.75) is 50.4 Å². The van der Waals surface area contributed by atoms with Gasteiger partial charge in [0.25, 0.3) is 5.91 Å². The molecule has 2 aromatic heterocycles. The number of halogens is 1. The zero-order chi connectivity index (χ0) is 24.8. The average molecular weight is 495 g/mol. The van der Waals surface area contributed by atoms with Crippen LogP contribution in [0, 0.1) is 0 Å². The third kappa shape index (κ3) is 6.44. The molecule has 0 bridgehead atoms. The number of nitrogens with one attached hydrogen (secondary N) is 1. The summed E-state index contributed by atoms with van der Waals surface area (Å²) < 4.78 is 0. The highest BCUT2D eigenvalue weighted by Crippen LogP contribution is 2.27. The van der Waals surface area contributed by atoms with E-state index in [2.05, 4.69) is 15.3 Å². The standard InChI is InChI=1S/C27H31ClN4O3/c1-32(17-19-12-18(10-11-33)14-29-15-19)27(35)23-5-3-2-4-20(23)13-22-7-8-24(31-22)26(34)21-6-9-25(28)30-16-21/h2-6,9,12,14-16,22,24,26,31,33-34H,7-8,10-11,13,17H2,1H3/t22-,24+,26+/m0/s1. The summed E-state index contributed by atoms with van der Waals surface area (Å²) >= 11 is 5.87. The molecular weight excluding hydrogens is 464 g/mol. The molecule has 3 heterocycles. The molecule has 0 saturated carbocycles. The highest BCUT2D eigenvalue weighted by Gasteiger charge is 2.31. The normalized spacial score (nSPS) is 18.4. The summed E-state index contributed by atoms with van der Waals surface area (Å²) in [5.74, 6) is -0.0463. The molecule has 1 aromatic carbocycles. The number of aliphatic hydroxyl groups excluding tert-OH is 2. The number of carbonyl (C=O) groups is 1. The molecule has 184 valence electrons. The molecule has 4 rings (SSSR count). The summed E-state index contributed by atoms with van der Waals surface area (Å²) in [7, 11) is 1.79. The van der Waals surface area contributed by atoms with E-state index < -0.39 is 6.10 Å². The first-order valence-electron chi connectivity index (χ1n) is 11.9. The van der Waals surface area contributed by atoms with Crippen LogP contribution in [0.5, 0.6) is 0 Å². The molecule has 0 spiro atoms. The monoisotopic (exact) mass is 494 g/mol. The fraction of sp³-hybridized carbons (Fsp3) is 0.370. The van der Waals surface area contributed by atoms with Gasteiger partial charge in [-0.3, -0.25) is 9.78 Å². The van der Waals surface area contributed by atoms with E-state index in [1.807, 2.05) is 30.3 Å². The Labute approximate surface area is 210 Å². The summed E-state index contributed by atoms with van der Waals surface area (Å²) in [6, 6.07) is 13.3. The maximum Gasteiger partial charge on any atom is 0.254 e. The first kappa shape index (κ1) is 25.3. The van der Waals surface area contributed by atoms with Gasteiger partial charge in [-0.1, -0.05) is 41.9 Å². The second-order valence-corrected chi connectivity index (χ2v) is 9.49. The van der Waals surface area contributed by atoms with Gasteiger partial charge in [-0.05, 0) is 54.5 Å². The van der Waals surface area contributed by atoms with Gasteiger partial charge in [-0.2, -0.15) is 0 Å². The molecular formula is C27H31ClN4O3. The van der Waals surface area contributed by atoms with Gasteiger partial charge in [-0.15, -0.1) is 0 Å². The minimum atomic E-state index is -0.664. The molecule has 0 aliphatic carbocycles. The predicted molar refractivity (Wildman–Crippen MR) is 135 cm³/mol. The van der Waals surface area contributed by atoms with E-state index in [1.165, 1.54) is 0 Å². The van der Waals surface area contributed by atoms with Crippen molar-refractivity contribution in [3.63, 3.8) is 0 Å². The first-order chi connectivity index (χ1) is 16.9. The summed E-state index contributed by atoms with van der Waals surface area (Å²) in [6.07, 6.45) is 7.42. The Morgan fingerprint density at radius 1 is 1.17 bits per heavy atom. The van der Waals surface area contributed by atoms with Crippen molar-refractivity contribution < 1.29 is 15.0 Å². The molecule has 1 fully saturated rings. The number of hydrogen-bond acceptors (Lipinski definition) is 6. The van der Waals surface area contributed by atoms with Crippen LogP contribution in [-0.2, 0) is 19.4 Å². The molecule has 3 atom stereocenters. The van der Waals surface area contributed by atoms with E-state index in [1.54, 1.807) is 42.7 Å². The van der Waals surface area contributed by atoms with Crippen molar-refractivity contribution in [1.82, 2.24) is 20.2 Å². The van der Waals surface area contributed by atoms with Crippen molar-refractivity contribution in [3.05, 3.63) is 94.0 Å². The molecule has 8 heteroatoms. The Balaban J connectivity index is 1.40. The number of amides is 1. The second kappa shape index (κ2) is 11.7. The number of benzene rings is 1. The van der Waals surface area contributed by atoms with Crippen LogP contribution in [0.1, 0.15) is 51.6 Å². The quantitative estimate of drug-likeness (QED) is 0.395. The van der Waals surface area contributed by atoms with Crippen LogP contribution in [0.3, 0.4) is 0 Å². The molecule has 1 amide bonds. The van der Waals surface area contributed by atoms with Gasteiger partial charge in [0.15, 0.2) is 0 Å². The lowest BCUT2D eigenvalue weighted by atomic mass is 9.98. The van der Waals surface area contributed by atoms with Crippen molar-refractivity contribution in [2.75, 3.05) is 13.7 Å². The maximum absolute atomic E-state index is 13.3. The van der Waals surface area contributed by atoms with Gasteiger partial charge in [0.05, 0.1) is 6.10 Å². The highest BCUT2D eigenvalue weighted by atomic mass is 35.5. The van der Waals surface area contributed by atoms with Crippen LogP contribution in [0.4, 0.5) is 0 Å². The molecule has 1 aliphatic heterocycles. The Bertz CT molecular complexity index is 1140. The van der Waals surface area contributed by atoms with Crippen molar-refractivity contribution in [3.8, 4) is 0 Å². The zero-order valence-electron chi connectivity index (χ0n) is 19.8. The number of aliphatic hydroxyl groups is 2. The molecule has 1 aliphatic rings. The van der Waals surface area contributed by atoms with Crippen molar-refractivity contribution in [1.29, 1.82) is 0 Å². The number of rotatable bonds is 9. The predicted octanol–water partition coefficient (Wildman–Crippen LogP) is 3.33. The topological polar surface area (TPSA) is 98.6 Å². The minimum Gasteiger partial charge on any atom is -0.396 e. The maximum atomic E-state index is 13.3. The van der Waals surface area contributed by atoms with Gasteiger partial charge in [0.1, 0.15) is 5.15 Å². The fourth-order valence-electron chi connectivity index (χ4n) is 4.67. The summed E-state index contributed by atoms with van der Waals surface area (Å²) in [4.78, 5) is 23.3. The van der Waals surface area contributed by atoms with Crippen LogP contribution in [0.2, 0.25) is 5.15 Å². The molecule has 35 heavy (non-hydrogen) atoms. The van der Waals surface area contributed by atoms with E-state index in [0.717, 1.165) is 35.1 Å². The Morgan fingerprint density at radius 2 is 1.97 bits per heavy atom. The SMILES string of the molecule is CN(Cc1cncc(CCO)c1)C(=O)c1ccccc1C[C@@H]1CC[C@H]([C@H](O)c2ccc(Cl)nc2)N1. The summed E-state index contributed by atoms with van der Waals surface area (Å²) in [5, 5.41) is 23.9. The van der Waals surface area contributed by atoms with Gasteiger partial charge < -0.3 is 20.4 Å². The van der Waals surface area contributed by atoms with Crippen molar-refractivity contribution in [2.24, 2.45) is 0 Å². The zero-order valence-corrected chi connectivity index (χ0v) is 20.5. The van der Waals surface area contributed by atoms with Crippen LogP contribution >= 0.6 is 11.6 Å². The lowest BCUT2D eigenvalue weighted by Crippen LogP contribution is -2.35. The Kier molecular flexibility index (Phi) is 8.46. The summed E-state index contributed by atoms with van der Waals surface area (Å²) in [6.45, 7) is 0.501.